The minimum atomic E-state index is -0.208. The summed E-state index contributed by atoms with van der Waals surface area (Å²) in [4.78, 5) is 11.0. The summed E-state index contributed by atoms with van der Waals surface area (Å²) in [5.41, 5.74) is 0.970. The summed E-state index contributed by atoms with van der Waals surface area (Å²) >= 11 is 3.02. The summed E-state index contributed by atoms with van der Waals surface area (Å²) < 4.78 is 7.37. The summed E-state index contributed by atoms with van der Waals surface area (Å²) in [6.45, 7) is 4.15. The van der Waals surface area contributed by atoms with E-state index in [0.717, 1.165) is 15.0 Å². The van der Waals surface area contributed by atoms with E-state index in [9.17, 15) is 4.79 Å². The smallest absolute Gasteiger partial charge is 0.306 e. The summed E-state index contributed by atoms with van der Waals surface area (Å²) in [7, 11) is 1.39. The molecule has 0 atom stereocenters. The zero-order valence-electron chi connectivity index (χ0n) is 11.6. The van der Waals surface area contributed by atoms with E-state index in [1.54, 1.807) is 6.20 Å². The van der Waals surface area contributed by atoms with Crippen molar-refractivity contribution in [2.24, 2.45) is 0 Å². The van der Waals surface area contributed by atoms with Crippen molar-refractivity contribution < 1.29 is 9.53 Å². The number of hydrogen-bond donors (Lipinski definition) is 0. The third-order valence-electron chi connectivity index (χ3n) is 2.54. The highest BCUT2D eigenvalue weighted by atomic mass is 32.2. The Labute approximate surface area is 125 Å². The van der Waals surface area contributed by atoms with Crippen LogP contribution in [0.1, 0.15) is 26.3 Å². The first-order valence-electron chi connectivity index (χ1n) is 6.19. The molecule has 0 fully saturated rings. The zero-order valence-corrected chi connectivity index (χ0v) is 13.2. The van der Waals surface area contributed by atoms with Crippen LogP contribution in [0, 0.1) is 0 Å². The van der Waals surface area contributed by atoms with E-state index in [4.69, 9.17) is 0 Å². The Hall–Kier alpha value is -1.41. The summed E-state index contributed by atoms with van der Waals surface area (Å²) in [6.07, 6.45) is 2.14. The van der Waals surface area contributed by atoms with Crippen molar-refractivity contribution in [3.8, 4) is 10.7 Å². The van der Waals surface area contributed by atoms with Crippen LogP contribution in [-0.4, -0.2) is 38.8 Å². The summed E-state index contributed by atoms with van der Waals surface area (Å²) in [5, 5.41) is 13.5. The molecule has 2 heterocycles. The van der Waals surface area contributed by atoms with Gasteiger partial charge in [0, 0.05) is 18.0 Å². The van der Waals surface area contributed by atoms with Gasteiger partial charge >= 0.3 is 5.97 Å². The molecule has 108 valence electrons. The normalized spacial score (nSPS) is 11.0. The van der Waals surface area contributed by atoms with E-state index >= 15 is 0 Å². The lowest BCUT2D eigenvalue weighted by Gasteiger charge is -2.07. The highest BCUT2D eigenvalue weighted by molar-refractivity contribution is 8.01. The number of carbonyl (C=O) groups excluding carboxylic acids is 1. The number of nitrogens with zero attached hydrogens (tertiary/aromatic N) is 4. The molecule has 0 unspecified atom stereocenters. The van der Waals surface area contributed by atoms with E-state index in [1.165, 1.54) is 30.2 Å². The van der Waals surface area contributed by atoms with Crippen LogP contribution in [0.2, 0.25) is 0 Å². The first kappa shape index (κ1) is 15.0. The molecule has 0 aliphatic carbocycles. The molecular formula is C12H16N4O2S2. The molecule has 0 saturated heterocycles. The Balaban J connectivity index is 2.02. The first-order chi connectivity index (χ1) is 9.61. The molecule has 2 rings (SSSR count). The average Bonchev–Trinajstić information content (AvgIpc) is 3.06. The summed E-state index contributed by atoms with van der Waals surface area (Å²) in [6, 6.07) is 2.21. The molecular weight excluding hydrogens is 296 g/mol. The van der Waals surface area contributed by atoms with Gasteiger partial charge in [-0.05, 0) is 19.9 Å². The number of carbonyl (C=O) groups is 1. The molecule has 0 bridgehead atoms. The van der Waals surface area contributed by atoms with Gasteiger partial charge in [0.2, 0.25) is 0 Å². The maximum absolute atomic E-state index is 11.0. The fourth-order valence-electron chi connectivity index (χ4n) is 1.59. The van der Waals surface area contributed by atoms with Crippen molar-refractivity contribution in [2.75, 3.05) is 12.9 Å². The minimum Gasteiger partial charge on any atom is -0.469 e. The lowest BCUT2D eigenvalue weighted by molar-refractivity contribution is -0.140. The van der Waals surface area contributed by atoms with Gasteiger partial charge in [-0.1, -0.05) is 23.1 Å². The van der Waals surface area contributed by atoms with Crippen molar-refractivity contribution in [3.05, 3.63) is 12.3 Å². The maximum Gasteiger partial charge on any atom is 0.306 e. The quantitative estimate of drug-likeness (QED) is 0.603. The molecule has 0 amide bonds. The van der Waals surface area contributed by atoms with Gasteiger partial charge < -0.3 is 4.74 Å². The minimum absolute atomic E-state index is 0.208. The monoisotopic (exact) mass is 312 g/mol. The van der Waals surface area contributed by atoms with Gasteiger partial charge in [-0.3, -0.25) is 9.48 Å². The van der Waals surface area contributed by atoms with E-state index in [2.05, 4.69) is 33.9 Å². The van der Waals surface area contributed by atoms with E-state index < -0.39 is 0 Å². The molecule has 0 aliphatic heterocycles. The van der Waals surface area contributed by atoms with Crippen LogP contribution in [0.25, 0.3) is 10.7 Å². The standard InChI is InChI=1S/C12H16N4O2S2/c1-8(2)16-9(4-6-13-16)11-14-15-12(20-11)19-7-5-10(17)18-3/h4,6,8H,5,7H2,1-3H3. The Morgan fingerprint density at radius 2 is 2.30 bits per heavy atom. The van der Waals surface area contributed by atoms with Gasteiger partial charge in [0.05, 0.1) is 19.2 Å². The van der Waals surface area contributed by atoms with E-state index in [1.807, 2.05) is 10.7 Å². The van der Waals surface area contributed by atoms with Crippen molar-refractivity contribution in [1.82, 2.24) is 20.0 Å². The second-order valence-electron chi connectivity index (χ2n) is 4.30. The van der Waals surface area contributed by atoms with Crippen molar-refractivity contribution in [2.45, 2.75) is 30.6 Å². The third kappa shape index (κ3) is 3.57. The Morgan fingerprint density at radius 1 is 1.50 bits per heavy atom. The lowest BCUT2D eigenvalue weighted by atomic mass is 10.3. The van der Waals surface area contributed by atoms with Gasteiger partial charge in [0.1, 0.15) is 0 Å². The molecule has 0 spiro atoms. The summed E-state index contributed by atoms with van der Waals surface area (Å²) in [5.74, 6) is 0.435. The predicted molar refractivity (Wildman–Crippen MR) is 78.9 cm³/mol. The molecule has 0 aromatic carbocycles. The Morgan fingerprint density at radius 3 is 3.00 bits per heavy atom. The van der Waals surface area contributed by atoms with Crippen LogP contribution in [0.5, 0.6) is 0 Å². The number of hydrogen-bond acceptors (Lipinski definition) is 7. The molecule has 0 radical (unpaired) electrons. The number of esters is 1. The second kappa shape index (κ2) is 6.85. The lowest BCUT2D eigenvalue weighted by Crippen LogP contribution is -2.04. The number of ether oxygens (including phenoxy) is 1. The highest BCUT2D eigenvalue weighted by Gasteiger charge is 2.13. The second-order valence-corrected chi connectivity index (χ2v) is 6.62. The van der Waals surface area contributed by atoms with Gasteiger partial charge in [-0.25, -0.2) is 0 Å². The largest absolute Gasteiger partial charge is 0.469 e. The number of methoxy groups -OCH3 is 1. The van der Waals surface area contributed by atoms with Crippen LogP contribution in [0.15, 0.2) is 16.6 Å². The number of aromatic nitrogens is 4. The van der Waals surface area contributed by atoms with Crippen LogP contribution in [0.3, 0.4) is 0 Å². The molecule has 6 nitrogen and oxygen atoms in total. The Kier molecular flexibility index (Phi) is 5.13. The fraction of sp³-hybridized carbons (Fsp3) is 0.500. The molecule has 2 aromatic rings. The third-order valence-corrected chi connectivity index (χ3v) is 4.63. The van der Waals surface area contributed by atoms with Crippen LogP contribution in [0.4, 0.5) is 0 Å². The highest BCUT2D eigenvalue weighted by Crippen LogP contribution is 2.30. The van der Waals surface area contributed by atoms with Crippen LogP contribution in [-0.2, 0) is 9.53 Å². The Bertz CT molecular complexity index is 580. The van der Waals surface area contributed by atoms with Gasteiger partial charge in [-0.15, -0.1) is 10.2 Å². The number of rotatable bonds is 6. The average molecular weight is 312 g/mol. The van der Waals surface area contributed by atoms with Crippen LogP contribution < -0.4 is 0 Å². The number of thioether (sulfide) groups is 1. The first-order valence-corrected chi connectivity index (χ1v) is 7.99. The van der Waals surface area contributed by atoms with E-state index in [-0.39, 0.29) is 12.0 Å². The van der Waals surface area contributed by atoms with Crippen molar-refractivity contribution in [1.29, 1.82) is 0 Å². The van der Waals surface area contributed by atoms with Gasteiger partial charge in [0.15, 0.2) is 9.35 Å². The molecule has 0 aliphatic rings. The SMILES string of the molecule is COC(=O)CCSc1nnc(-c2ccnn2C(C)C)s1. The van der Waals surface area contributed by atoms with Gasteiger partial charge in [0.25, 0.3) is 0 Å². The molecule has 0 saturated carbocycles. The van der Waals surface area contributed by atoms with Crippen LogP contribution >= 0.6 is 23.1 Å². The van der Waals surface area contributed by atoms with Crippen molar-refractivity contribution in [3.63, 3.8) is 0 Å². The zero-order chi connectivity index (χ0) is 14.5. The molecule has 8 heteroatoms. The molecule has 2 aromatic heterocycles. The van der Waals surface area contributed by atoms with E-state index in [0.29, 0.717) is 12.2 Å². The predicted octanol–water partition coefficient (Wildman–Crippen LogP) is 2.64. The molecule has 20 heavy (non-hydrogen) atoms. The van der Waals surface area contributed by atoms with Gasteiger partial charge in [-0.2, -0.15) is 5.10 Å². The van der Waals surface area contributed by atoms with Crippen molar-refractivity contribution >= 4 is 29.1 Å². The fourth-order valence-corrected chi connectivity index (χ4v) is 3.45. The maximum atomic E-state index is 11.0. The topological polar surface area (TPSA) is 69.9 Å². The molecule has 0 N–H and O–H groups in total.